The van der Waals surface area contributed by atoms with Gasteiger partial charge in [0.25, 0.3) is 5.91 Å². The number of anilines is 1. The van der Waals surface area contributed by atoms with Gasteiger partial charge in [-0.3, -0.25) is 9.48 Å². The number of hydrogen-bond acceptors (Lipinski definition) is 7. The van der Waals surface area contributed by atoms with Gasteiger partial charge in [0.2, 0.25) is 0 Å². The summed E-state index contributed by atoms with van der Waals surface area (Å²) < 4.78 is 3.27. The molecule has 0 aliphatic heterocycles. The van der Waals surface area contributed by atoms with Gasteiger partial charge in [0.1, 0.15) is 11.6 Å². The van der Waals surface area contributed by atoms with Crippen molar-refractivity contribution in [2.75, 3.05) is 18.4 Å². The van der Waals surface area contributed by atoms with Gasteiger partial charge >= 0.3 is 0 Å². The summed E-state index contributed by atoms with van der Waals surface area (Å²) in [5.74, 6) is 1.76. The molecule has 0 saturated heterocycles. The predicted octanol–water partition coefficient (Wildman–Crippen LogP) is 0.558. The SMILES string of the molecule is Cc1cc(C)n(-c2cc(NCCNC(=O)c3cn(C)nn3)nc(C)n2)n1. The molecule has 2 N–H and O–H groups in total. The van der Waals surface area contributed by atoms with Crippen molar-refractivity contribution in [3.63, 3.8) is 0 Å². The van der Waals surface area contributed by atoms with Crippen molar-refractivity contribution in [1.29, 1.82) is 0 Å². The van der Waals surface area contributed by atoms with Gasteiger partial charge in [-0.15, -0.1) is 5.10 Å². The first-order chi connectivity index (χ1) is 12.4. The Bertz CT molecular complexity index is 928. The number of rotatable bonds is 6. The summed E-state index contributed by atoms with van der Waals surface area (Å²) in [5.41, 5.74) is 2.22. The molecule has 0 bridgehead atoms. The molecular weight excluding hydrogens is 334 g/mol. The number of aryl methyl sites for hydroxylation is 4. The zero-order valence-electron chi connectivity index (χ0n) is 15.2. The molecule has 1 amide bonds. The van der Waals surface area contributed by atoms with Crippen LogP contribution < -0.4 is 10.6 Å². The van der Waals surface area contributed by atoms with Gasteiger partial charge in [-0.25, -0.2) is 14.6 Å². The minimum atomic E-state index is -0.262. The van der Waals surface area contributed by atoms with Crippen LogP contribution in [0.3, 0.4) is 0 Å². The zero-order valence-corrected chi connectivity index (χ0v) is 15.2. The van der Waals surface area contributed by atoms with E-state index in [2.05, 4.69) is 36.0 Å². The molecule has 0 fully saturated rings. The second-order valence-electron chi connectivity index (χ2n) is 5.96. The molecule has 0 radical (unpaired) electrons. The number of amides is 1. The van der Waals surface area contributed by atoms with E-state index >= 15 is 0 Å². The molecule has 3 aromatic heterocycles. The van der Waals surface area contributed by atoms with Gasteiger partial charge in [-0.2, -0.15) is 5.10 Å². The Labute approximate surface area is 150 Å². The monoisotopic (exact) mass is 355 g/mol. The lowest BCUT2D eigenvalue weighted by molar-refractivity contribution is 0.0950. The Balaban J connectivity index is 1.60. The number of aromatic nitrogens is 7. The molecule has 0 aromatic carbocycles. The summed E-state index contributed by atoms with van der Waals surface area (Å²) >= 11 is 0. The molecular formula is C16H21N9O. The molecule has 3 rings (SSSR count). The third-order valence-electron chi connectivity index (χ3n) is 3.60. The first-order valence-electron chi connectivity index (χ1n) is 8.20. The fourth-order valence-corrected chi connectivity index (χ4v) is 2.52. The maximum Gasteiger partial charge on any atom is 0.273 e. The van der Waals surface area contributed by atoms with Crippen LogP contribution >= 0.6 is 0 Å². The summed E-state index contributed by atoms with van der Waals surface area (Å²) in [6.07, 6.45) is 1.57. The van der Waals surface area contributed by atoms with Crippen LogP contribution in [0.25, 0.3) is 5.82 Å². The molecule has 10 heteroatoms. The smallest absolute Gasteiger partial charge is 0.273 e. The van der Waals surface area contributed by atoms with Gasteiger partial charge < -0.3 is 10.6 Å². The van der Waals surface area contributed by atoms with E-state index in [0.717, 1.165) is 11.4 Å². The van der Waals surface area contributed by atoms with Crippen LogP contribution in [0, 0.1) is 20.8 Å². The second-order valence-corrected chi connectivity index (χ2v) is 5.96. The highest BCUT2D eigenvalue weighted by molar-refractivity contribution is 5.91. The Morgan fingerprint density at radius 3 is 2.62 bits per heavy atom. The lowest BCUT2D eigenvalue weighted by Gasteiger charge is -2.10. The Morgan fingerprint density at radius 1 is 1.15 bits per heavy atom. The molecule has 0 saturated carbocycles. The molecule has 3 heterocycles. The number of nitrogens with one attached hydrogen (secondary N) is 2. The predicted molar refractivity (Wildman–Crippen MR) is 95.2 cm³/mol. The van der Waals surface area contributed by atoms with Crippen LogP contribution in [0.15, 0.2) is 18.3 Å². The molecule has 136 valence electrons. The quantitative estimate of drug-likeness (QED) is 0.621. The minimum Gasteiger partial charge on any atom is -0.368 e. The molecule has 10 nitrogen and oxygen atoms in total. The van der Waals surface area contributed by atoms with Gasteiger partial charge in [0.05, 0.1) is 11.9 Å². The summed E-state index contributed by atoms with van der Waals surface area (Å²) in [4.78, 5) is 20.7. The van der Waals surface area contributed by atoms with Gasteiger partial charge in [-0.1, -0.05) is 5.21 Å². The van der Waals surface area contributed by atoms with Crippen LogP contribution in [0.5, 0.6) is 0 Å². The van der Waals surface area contributed by atoms with E-state index in [9.17, 15) is 4.79 Å². The number of nitrogens with zero attached hydrogens (tertiary/aromatic N) is 7. The van der Waals surface area contributed by atoms with E-state index < -0.39 is 0 Å². The average molecular weight is 355 g/mol. The van der Waals surface area contributed by atoms with Crippen molar-refractivity contribution in [1.82, 2.24) is 40.1 Å². The third kappa shape index (κ3) is 4.02. The molecule has 0 unspecified atom stereocenters. The summed E-state index contributed by atoms with van der Waals surface area (Å²) in [6, 6.07) is 3.82. The lowest BCUT2D eigenvalue weighted by Crippen LogP contribution is -2.29. The first-order valence-corrected chi connectivity index (χ1v) is 8.20. The normalized spacial score (nSPS) is 10.8. The van der Waals surface area contributed by atoms with Crippen LogP contribution in [0.1, 0.15) is 27.7 Å². The van der Waals surface area contributed by atoms with Gasteiger partial charge in [-0.05, 0) is 26.8 Å². The van der Waals surface area contributed by atoms with Gasteiger partial charge in [0, 0.05) is 31.9 Å². The number of hydrogen-bond donors (Lipinski definition) is 2. The summed E-state index contributed by atoms with van der Waals surface area (Å²) in [7, 11) is 1.71. The Hall–Kier alpha value is -3.30. The van der Waals surface area contributed by atoms with E-state index in [1.165, 1.54) is 4.68 Å². The number of carbonyl (C=O) groups excluding carboxylic acids is 1. The van der Waals surface area contributed by atoms with Crippen LogP contribution in [0.4, 0.5) is 5.82 Å². The van der Waals surface area contributed by atoms with E-state index in [1.807, 2.05) is 32.9 Å². The maximum absolute atomic E-state index is 11.9. The zero-order chi connectivity index (χ0) is 18.7. The van der Waals surface area contributed by atoms with Crippen molar-refractivity contribution in [2.24, 2.45) is 7.05 Å². The van der Waals surface area contributed by atoms with Crippen molar-refractivity contribution in [3.8, 4) is 5.82 Å². The lowest BCUT2D eigenvalue weighted by atomic mass is 10.4. The highest BCUT2D eigenvalue weighted by Crippen LogP contribution is 2.13. The fraction of sp³-hybridized carbons (Fsp3) is 0.375. The highest BCUT2D eigenvalue weighted by Gasteiger charge is 2.10. The summed E-state index contributed by atoms with van der Waals surface area (Å²) in [5, 5.41) is 17.9. The Morgan fingerprint density at radius 2 is 1.96 bits per heavy atom. The van der Waals surface area contributed by atoms with Crippen LogP contribution in [-0.2, 0) is 7.05 Å². The molecule has 3 aromatic rings. The standard InChI is InChI=1S/C16H21N9O/c1-10-7-11(2)25(22-10)15-8-14(19-12(3)20-15)17-5-6-18-16(26)13-9-24(4)23-21-13/h7-9H,5-6H2,1-4H3,(H,18,26)(H,17,19,20). The van der Waals surface area contributed by atoms with Crippen LogP contribution in [0.2, 0.25) is 0 Å². The van der Waals surface area contributed by atoms with Crippen molar-refractivity contribution < 1.29 is 4.79 Å². The topological polar surface area (TPSA) is 115 Å². The molecule has 0 atom stereocenters. The van der Waals surface area contributed by atoms with Crippen molar-refractivity contribution in [3.05, 3.63) is 41.2 Å². The molecule has 0 aliphatic rings. The summed E-state index contributed by atoms with van der Waals surface area (Å²) in [6.45, 7) is 6.69. The van der Waals surface area contributed by atoms with E-state index in [-0.39, 0.29) is 11.6 Å². The molecule has 0 aliphatic carbocycles. The maximum atomic E-state index is 11.9. The largest absolute Gasteiger partial charge is 0.368 e. The second kappa shape index (κ2) is 7.30. The third-order valence-corrected chi connectivity index (χ3v) is 3.60. The molecule has 26 heavy (non-hydrogen) atoms. The fourth-order valence-electron chi connectivity index (χ4n) is 2.52. The first kappa shape index (κ1) is 17.5. The Kier molecular flexibility index (Phi) is 4.92. The number of carbonyl (C=O) groups is 1. The van der Waals surface area contributed by atoms with Crippen molar-refractivity contribution in [2.45, 2.75) is 20.8 Å². The van der Waals surface area contributed by atoms with Gasteiger partial charge in [0.15, 0.2) is 11.5 Å². The van der Waals surface area contributed by atoms with Crippen LogP contribution in [-0.4, -0.2) is 53.7 Å². The molecule has 0 spiro atoms. The van der Waals surface area contributed by atoms with E-state index in [4.69, 9.17) is 0 Å². The highest BCUT2D eigenvalue weighted by atomic mass is 16.2. The van der Waals surface area contributed by atoms with E-state index in [1.54, 1.807) is 17.9 Å². The van der Waals surface area contributed by atoms with E-state index in [0.29, 0.717) is 30.5 Å². The minimum absolute atomic E-state index is 0.262. The van der Waals surface area contributed by atoms with Crippen molar-refractivity contribution >= 4 is 11.7 Å². The average Bonchev–Trinajstić information content (AvgIpc) is 3.16.